The van der Waals surface area contributed by atoms with Gasteiger partial charge in [-0.25, -0.2) is 4.98 Å². The van der Waals surface area contributed by atoms with E-state index < -0.39 is 0 Å². The molecule has 4 nitrogen and oxygen atoms in total. The van der Waals surface area contributed by atoms with Crippen LogP contribution in [0.1, 0.15) is 30.0 Å². The van der Waals surface area contributed by atoms with Crippen molar-refractivity contribution in [3.05, 3.63) is 53.9 Å². The Kier molecular flexibility index (Phi) is 3.71. The molecule has 0 radical (unpaired) electrons. The number of aromatic hydroxyl groups is 1. The molecule has 1 heterocycles. The fourth-order valence-electron chi connectivity index (χ4n) is 1.61. The summed E-state index contributed by atoms with van der Waals surface area (Å²) in [6.45, 7) is 3.32. The van der Waals surface area contributed by atoms with E-state index in [4.69, 9.17) is 0 Å². The molecule has 0 bridgehead atoms. The molecule has 1 aromatic heterocycles. The van der Waals surface area contributed by atoms with Gasteiger partial charge in [0.15, 0.2) is 5.78 Å². The summed E-state index contributed by atoms with van der Waals surface area (Å²) in [5, 5.41) is 9.21. The molecule has 0 saturated heterocycles. The van der Waals surface area contributed by atoms with Crippen molar-refractivity contribution in [1.29, 1.82) is 0 Å². The number of Topliss-reactive ketones (excluding diaryl/α,β-unsaturated/α-hetero) is 1. The van der Waals surface area contributed by atoms with E-state index >= 15 is 0 Å². The van der Waals surface area contributed by atoms with Gasteiger partial charge in [0.1, 0.15) is 11.4 Å². The third-order valence-corrected chi connectivity index (χ3v) is 2.63. The molecule has 0 spiro atoms. The van der Waals surface area contributed by atoms with Gasteiger partial charge in [0.25, 0.3) is 0 Å². The monoisotopic (exact) mass is 254 g/mol. The van der Waals surface area contributed by atoms with E-state index in [0.717, 1.165) is 5.69 Å². The van der Waals surface area contributed by atoms with Gasteiger partial charge in [0.05, 0.1) is 17.1 Å². The first-order chi connectivity index (χ1) is 9.06. The summed E-state index contributed by atoms with van der Waals surface area (Å²) in [4.78, 5) is 19.9. The summed E-state index contributed by atoms with van der Waals surface area (Å²) in [5.74, 6) is 0.132. The molecule has 0 aliphatic rings. The molecular weight excluding hydrogens is 240 g/mol. The number of ketones is 1. The molecule has 0 aliphatic heterocycles. The van der Waals surface area contributed by atoms with Crippen LogP contribution in [0.25, 0.3) is 0 Å². The molecule has 0 fully saturated rings. The van der Waals surface area contributed by atoms with Crippen LogP contribution < -0.4 is 0 Å². The molecule has 19 heavy (non-hydrogen) atoms. The van der Waals surface area contributed by atoms with Crippen LogP contribution in [-0.2, 0) is 0 Å². The van der Waals surface area contributed by atoms with Gasteiger partial charge in [0.2, 0.25) is 0 Å². The maximum atomic E-state index is 11.3. The van der Waals surface area contributed by atoms with Crippen LogP contribution >= 0.6 is 0 Å². The van der Waals surface area contributed by atoms with Gasteiger partial charge in [-0.05, 0) is 43.3 Å². The minimum absolute atomic E-state index is 0.0701. The molecule has 0 amide bonds. The Hall–Kier alpha value is -2.49. The van der Waals surface area contributed by atoms with E-state index in [-0.39, 0.29) is 11.5 Å². The van der Waals surface area contributed by atoms with Crippen molar-refractivity contribution in [3.63, 3.8) is 0 Å². The molecule has 96 valence electrons. The maximum Gasteiger partial charge on any atom is 0.178 e. The van der Waals surface area contributed by atoms with Gasteiger partial charge in [0, 0.05) is 6.92 Å². The van der Waals surface area contributed by atoms with Crippen LogP contribution in [0, 0.1) is 0 Å². The number of carbonyl (C=O) groups excluding carboxylic acids is 1. The Bertz CT molecular complexity index is 631. The Labute approximate surface area is 111 Å². The maximum absolute atomic E-state index is 11.3. The quantitative estimate of drug-likeness (QED) is 0.676. The third-order valence-electron chi connectivity index (χ3n) is 2.63. The van der Waals surface area contributed by atoms with Crippen molar-refractivity contribution >= 4 is 17.2 Å². The highest BCUT2D eigenvalue weighted by Crippen LogP contribution is 2.17. The molecule has 0 unspecified atom stereocenters. The van der Waals surface area contributed by atoms with E-state index in [9.17, 15) is 9.90 Å². The van der Waals surface area contributed by atoms with E-state index in [2.05, 4.69) is 9.98 Å². The van der Waals surface area contributed by atoms with E-state index in [1.54, 1.807) is 36.4 Å². The van der Waals surface area contributed by atoms with E-state index in [1.807, 2.05) is 13.0 Å². The van der Waals surface area contributed by atoms with Crippen molar-refractivity contribution in [2.75, 3.05) is 0 Å². The Morgan fingerprint density at radius 2 is 1.68 bits per heavy atom. The van der Waals surface area contributed by atoms with Gasteiger partial charge < -0.3 is 5.11 Å². The molecule has 1 N–H and O–H groups in total. The number of aliphatic imine (C=N–C) groups is 1. The van der Waals surface area contributed by atoms with Crippen LogP contribution in [0.3, 0.4) is 0 Å². The zero-order chi connectivity index (χ0) is 13.8. The summed E-state index contributed by atoms with van der Waals surface area (Å²) in [7, 11) is 0. The number of phenolic OH excluding ortho intramolecular Hbond substituents is 1. The predicted octanol–water partition coefficient (Wildman–Crippen LogP) is 3.13. The summed E-state index contributed by atoms with van der Waals surface area (Å²) in [5.41, 5.74) is 2.54. The summed E-state index contributed by atoms with van der Waals surface area (Å²) < 4.78 is 0. The summed E-state index contributed by atoms with van der Waals surface area (Å²) in [6.07, 6.45) is 0. The number of carbonyl (C=O) groups is 1. The summed E-state index contributed by atoms with van der Waals surface area (Å²) >= 11 is 0. The first-order valence-corrected chi connectivity index (χ1v) is 5.89. The number of hydrogen-bond acceptors (Lipinski definition) is 4. The SMILES string of the molecule is CC(=O)c1cccc(C(C)=Nc2ccc(O)cc2)n1. The van der Waals surface area contributed by atoms with E-state index in [0.29, 0.717) is 17.1 Å². The zero-order valence-corrected chi connectivity index (χ0v) is 10.8. The average molecular weight is 254 g/mol. The Balaban J connectivity index is 2.33. The molecule has 4 heteroatoms. The molecule has 0 saturated carbocycles. The normalized spacial score (nSPS) is 11.4. The van der Waals surface area contributed by atoms with E-state index in [1.165, 1.54) is 6.92 Å². The van der Waals surface area contributed by atoms with Gasteiger partial charge in [-0.3, -0.25) is 9.79 Å². The van der Waals surface area contributed by atoms with Crippen molar-refractivity contribution in [2.24, 2.45) is 4.99 Å². The molecule has 0 aliphatic carbocycles. The van der Waals surface area contributed by atoms with Crippen LogP contribution in [0.4, 0.5) is 5.69 Å². The lowest BCUT2D eigenvalue weighted by Crippen LogP contribution is -2.03. The number of benzene rings is 1. The van der Waals surface area contributed by atoms with Crippen LogP contribution in [0.2, 0.25) is 0 Å². The third kappa shape index (κ3) is 3.25. The van der Waals surface area contributed by atoms with Gasteiger partial charge in [-0.1, -0.05) is 6.07 Å². The number of rotatable bonds is 3. The number of pyridine rings is 1. The van der Waals surface area contributed by atoms with Crippen molar-refractivity contribution in [2.45, 2.75) is 13.8 Å². The molecule has 2 rings (SSSR count). The van der Waals surface area contributed by atoms with Gasteiger partial charge >= 0.3 is 0 Å². The van der Waals surface area contributed by atoms with Crippen molar-refractivity contribution < 1.29 is 9.90 Å². The highest BCUT2D eigenvalue weighted by molar-refractivity contribution is 6.00. The van der Waals surface area contributed by atoms with Crippen LogP contribution in [0.5, 0.6) is 5.75 Å². The number of nitrogens with zero attached hydrogens (tertiary/aromatic N) is 2. The van der Waals surface area contributed by atoms with Gasteiger partial charge in [-0.15, -0.1) is 0 Å². The van der Waals surface area contributed by atoms with Crippen LogP contribution in [0.15, 0.2) is 47.5 Å². The largest absolute Gasteiger partial charge is 0.508 e. The minimum Gasteiger partial charge on any atom is -0.508 e. The fourth-order valence-corrected chi connectivity index (χ4v) is 1.61. The minimum atomic E-state index is -0.0701. The lowest BCUT2D eigenvalue weighted by Gasteiger charge is -2.02. The first-order valence-electron chi connectivity index (χ1n) is 5.89. The van der Waals surface area contributed by atoms with Gasteiger partial charge in [-0.2, -0.15) is 0 Å². The Morgan fingerprint density at radius 1 is 1.05 bits per heavy atom. The zero-order valence-electron chi connectivity index (χ0n) is 10.8. The standard InChI is InChI=1S/C15H14N2O2/c1-10(16-12-6-8-13(19)9-7-12)14-4-3-5-15(17-14)11(2)18/h3-9,19H,1-2H3. The second-order valence-electron chi connectivity index (χ2n) is 4.18. The van der Waals surface area contributed by atoms with Crippen molar-refractivity contribution in [3.8, 4) is 5.75 Å². The second kappa shape index (κ2) is 5.44. The predicted molar refractivity (Wildman–Crippen MR) is 74.2 cm³/mol. The summed E-state index contributed by atoms with van der Waals surface area (Å²) in [6, 6.07) is 11.9. The smallest absolute Gasteiger partial charge is 0.178 e. The van der Waals surface area contributed by atoms with Crippen LogP contribution in [-0.4, -0.2) is 21.6 Å². The average Bonchev–Trinajstić information content (AvgIpc) is 2.41. The first kappa shape index (κ1) is 13.0. The van der Waals surface area contributed by atoms with Crippen molar-refractivity contribution in [1.82, 2.24) is 4.98 Å². The molecular formula is C15H14N2O2. The highest BCUT2D eigenvalue weighted by Gasteiger charge is 2.04. The number of phenols is 1. The molecule has 1 aromatic carbocycles. The highest BCUT2D eigenvalue weighted by atomic mass is 16.3. The fraction of sp³-hybridized carbons (Fsp3) is 0.133. The molecule has 2 aromatic rings. The Morgan fingerprint density at radius 3 is 2.32 bits per heavy atom. The lowest BCUT2D eigenvalue weighted by atomic mass is 10.2. The number of hydrogen-bond donors (Lipinski definition) is 1. The number of aromatic nitrogens is 1. The topological polar surface area (TPSA) is 62.5 Å². The second-order valence-corrected chi connectivity index (χ2v) is 4.18. The lowest BCUT2D eigenvalue weighted by molar-refractivity contribution is 0.101. The molecule has 0 atom stereocenters.